The second-order valence-electron chi connectivity index (χ2n) is 3.99. The minimum atomic E-state index is -0.439. The second kappa shape index (κ2) is 5.51. The van der Waals surface area contributed by atoms with E-state index in [0.29, 0.717) is 5.75 Å². The standard InChI is InChI=1S/C12H18N2O2/c1-9-5-6-10(8-14(3)4)11(7-9)16-12(15)13-2/h5-7H,8H2,1-4H3,(H,13,15). The summed E-state index contributed by atoms with van der Waals surface area (Å²) in [5.41, 5.74) is 2.07. The summed E-state index contributed by atoms with van der Waals surface area (Å²) in [6.07, 6.45) is -0.439. The molecule has 4 heteroatoms. The van der Waals surface area contributed by atoms with Crippen molar-refractivity contribution in [2.24, 2.45) is 0 Å². The van der Waals surface area contributed by atoms with Crippen molar-refractivity contribution in [3.8, 4) is 5.75 Å². The SMILES string of the molecule is CNC(=O)Oc1cc(C)ccc1CN(C)C. The van der Waals surface area contributed by atoms with E-state index >= 15 is 0 Å². The topological polar surface area (TPSA) is 41.6 Å². The molecule has 1 aromatic rings. The summed E-state index contributed by atoms with van der Waals surface area (Å²) in [6.45, 7) is 2.71. The molecule has 1 aromatic carbocycles. The van der Waals surface area contributed by atoms with Gasteiger partial charge in [-0.15, -0.1) is 0 Å². The van der Waals surface area contributed by atoms with Crippen molar-refractivity contribution in [1.82, 2.24) is 10.2 Å². The first-order valence-corrected chi connectivity index (χ1v) is 5.16. The molecule has 0 bridgehead atoms. The maximum Gasteiger partial charge on any atom is 0.412 e. The summed E-state index contributed by atoms with van der Waals surface area (Å²) in [6, 6.07) is 5.86. The first-order chi connectivity index (χ1) is 7.52. The van der Waals surface area contributed by atoms with E-state index in [-0.39, 0.29) is 0 Å². The lowest BCUT2D eigenvalue weighted by Gasteiger charge is -2.14. The Labute approximate surface area is 96.2 Å². The Balaban J connectivity index is 2.93. The highest BCUT2D eigenvalue weighted by molar-refractivity contribution is 5.70. The minimum Gasteiger partial charge on any atom is -0.410 e. The molecule has 0 heterocycles. The molecule has 0 aliphatic heterocycles. The highest BCUT2D eigenvalue weighted by Gasteiger charge is 2.08. The number of nitrogens with one attached hydrogen (secondary N) is 1. The van der Waals surface area contributed by atoms with Gasteiger partial charge < -0.3 is 15.0 Å². The van der Waals surface area contributed by atoms with Crippen molar-refractivity contribution < 1.29 is 9.53 Å². The molecule has 0 unspecified atom stereocenters. The molecule has 0 aliphatic rings. The van der Waals surface area contributed by atoms with Gasteiger partial charge in [-0.25, -0.2) is 4.79 Å². The molecule has 1 rings (SSSR count). The van der Waals surface area contributed by atoms with Crippen molar-refractivity contribution >= 4 is 6.09 Å². The van der Waals surface area contributed by atoms with Crippen molar-refractivity contribution in [2.45, 2.75) is 13.5 Å². The summed E-state index contributed by atoms with van der Waals surface area (Å²) in [5, 5.41) is 2.44. The largest absolute Gasteiger partial charge is 0.412 e. The summed E-state index contributed by atoms with van der Waals surface area (Å²) in [4.78, 5) is 13.2. The van der Waals surface area contributed by atoms with Crippen molar-refractivity contribution in [1.29, 1.82) is 0 Å². The van der Waals surface area contributed by atoms with Crippen LogP contribution in [0.15, 0.2) is 18.2 Å². The van der Waals surface area contributed by atoms with Crippen molar-refractivity contribution in [3.63, 3.8) is 0 Å². The molecule has 88 valence electrons. The predicted molar refractivity (Wildman–Crippen MR) is 63.7 cm³/mol. The molecule has 16 heavy (non-hydrogen) atoms. The molecule has 0 spiro atoms. The maximum atomic E-state index is 11.2. The third-order valence-corrected chi connectivity index (χ3v) is 2.12. The zero-order valence-corrected chi connectivity index (χ0v) is 10.2. The molecule has 0 aliphatic carbocycles. The molecule has 1 amide bonds. The van der Waals surface area contributed by atoms with Crippen LogP contribution in [0.5, 0.6) is 5.75 Å². The Kier molecular flexibility index (Phi) is 4.31. The predicted octanol–water partition coefficient (Wildman–Crippen LogP) is 1.77. The second-order valence-corrected chi connectivity index (χ2v) is 3.99. The van der Waals surface area contributed by atoms with E-state index < -0.39 is 6.09 Å². The first kappa shape index (κ1) is 12.5. The van der Waals surface area contributed by atoms with Gasteiger partial charge in [0, 0.05) is 19.2 Å². The van der Waals surface area contributed by atoms with Crippen LogP contribution in [0.1, 0.15) is 11.1 Å². The number of ether oxygens (including phenoxy) is 1. The Morgan fingerprint density at radius 2 is 2.12 bits per heavy atom. The van der Waals surface area contributed by atoms with Gasteiger partial charge in [-0.3, -0.25) is 0 Å². The minimum absolute atomic E-state index is 0.439. The van der Waals surface area contributed by atoms with Crippen LogP contribution in [-0.2, 0) is 6.54 Å². The van der Waals surface area contributed by atoms with Crippen molar-refractivity contribution in [3.05, 3.63) is 29.3 Å². The van der Waals surface area contributed by atoms with Crippen LogP contribution in [-0.4, -0.2) is 32.1 Å². The van der Waals surface area contributed by atoms with Gasteiger partial charge in [-0.2, -0.15) is 0 Å². The van der Waals surface area contributed by atoms with Gasteiger partial charge in [0.15, 0.2) is 0 Å². The van der Waals surface area contributed by atoms with Crippen LogP contribution >= 0.6 is 0 Å². The van der Waals surface area contributed by atoms with E-state index in [4.69, 9.17) is 4.74 Å². The van der Waals surface area contributed by atoms with Crippen LogP contribution in [0.2, 0.25) is 0 Å². The van der Waals surface area contributed by atoms with E-state index in [1.165, 1.54) is 0 Å². The lowest BCUT2D eigenvalue weighted by atomic mass is 10.1. The maximum absolute atomic E-state index is 11.2. The Morgan fingerprint density at radius 3 is 2.69 bits per heavy atom. The molecule has 0 saturated heterocycles. The third-order valence-electron chi connectivity index (χ3n) is 2.12. The monoisotopic (exact) mass is 222 g/mol. The number of aryl methyl sites for hydroxylation is 1. The third kappa shape index (κ3) is 3.55. The number of carbonyl (C=O) groups is 1. The van der Waals surface area contributed by atoms with Crippen LogP contribution in [0.4, 0.5) is 4.79 Å². The Hall–Kier alpha value is -1.55. The van der Waals surface area contributed by atoms with Gasteiger partial charge in [-0.1, -0.05) is 12.1 Å². The highest BCUT2D eigenvalue weighted by Crippen LogP contribution is 2.21. The smallest absolute Gasteiger partial charge is 0.410 e. The Morgan fingerprint density at radius 1 is 1.44 bits per heavy atom. The van der Waals surface area contributed by atoms with Gasteiger partial charge >= 0.3 is 6.09 Å². The molecule has 0 radical (unpaired) electrons. The number of carbonyl (C=O) groups excluding carboxylic acids is 1. The van der Waals surface area contributed by atoms with Gasteiger partial charge in [0.2, 0.25) is 0 Å². The Bertz CT molecular complexity index is 375. The fourth-order valence-electron chi connectivity index (χ4n) is 1.38. The van der Waals surface area contributed by atoms with Crippen LogP contribution in [0.3, 0.4) is 0 Å². The van der Waals surface area contributed by atoms with E-state index in [2.05, 4.69) is 5.32 Å². The fraction of sp³-hybridized carbons (Fsp3) is 0.417. The number of hydrogen-bond donors (Lipinski definition) is 1. The summed E-state index contributed by atoms with van der Waals surface area (Å²) < 4.78 is 5.20. The molecular formula is C12H18N2O2. The van der Waals surface area contributed by atoms with Gasteiger partial charge in [0.05, 0.1) is 0 Å². The van der Waals surface area contributed by atoms with Crippen molar-refractivity contribution in [2.75, 3.05) is 21.1 Å². The zero-order valence-electron chi connectivity index (χ0n) is 10.2. The van der Waals surface area contributed by atoms with Crippen LogP contribution < -0.4 is 10.1 Å². The molecular weight excluding hydrogens is 204 g/mol. The summed E-state index contributed by atoms with van der Waals surface area (Å²) in [5.74, 6) is 0.619. The molecule has 0 fully saturated rings. The van der Waals surface area contributed by atoms with E-state index in [9.17, 15) is 4.79 Å². The van der Waals surface area contributed by atoms with Crippen LogP contribution in [0, 0.1) is 6.92 Å². The summed E-state index contributed by atoms with van der Waals surface area (Å²) in [7, 11) is 5.50. The van der Waals surface area contributed by atoms with Gasteiger partial charge in [0.1, 0.15) is 5.75 Å². The lowest BCUT2D eigenvalue weighted by Crippen LogP contribution is -2.23. The lowest BCUT2D eigenvalue weighted by molar-refractivity contribution is 0.202. The van der Waals surface area contributed by atoms with Crippen LogP contribution in [0.25, 0.3) is 0 Å². The normalized spacial score (nSPS) is 10.3. The number of amides is 1. The first-order valence-electron chi connectivity index (χ1n) is 5.16. The molecule has 0 aromatic heterocycles. The molecule has 1 N–H and O–H groups in total. The summed E-state index contributed by atoms with van der Waals surface area (Å²) >= 11 is 0. The van der Waals surface area contributed by atoms with Gasteiger partial charge in [-0.05, 0) is 32.6 Å². The van der Waals surface area contributed by atoms with E-state index in [1.54, 1.807) is 7.05 Å². The number of hydrogen-bond acceptors (Lipinski definition) is 3. The number of nitrogens with zero attached hydrogens (tertiary/aromatic N) is 1. The molecule has 4 nitrogen and oxygen atoms in total. The zero-order chi connectivity index (χ0) is 12.1. The fourth-order valence-corrected chi connectivity index (χ4v) is 1.38. The molecule has 0 saturated carbocycles. The average Bonchev–Trinajstić information content (AvgIpc) is 2.21. The number of rotatable bonds is 3. The van der Waals surface area contributed by atoms with E-state index in [1.807, 2.05) is 44.1 Å². The van der Waals surface area contributed by atoms with Gasteiger partial charge in [0.25, 0.3) is 0 Å². The molecule has 0 atom stereocenters. The van der Waals surface area contributed by atoms with E-state index in [0.717, 1.165) is 17.7 Å². The average molecular weight is 222 g/mol. The number of benzene rings is 1. The quantitative estimate of drug-likeness (QED) is 0.847. The highest BCUT2D eigenvalue weighted by atomic mass is 16.6.